The van der Waals surface area contributed by atoms with Gasteiger partial charge in [-0.2, -0.15) is 0 Å². The van der Waals surface area contributed by atoms with Gasteiger partial charge < -0.3 is 15.3 Å². The largest absolute Gasteiger partial charge is 0.508 e. The Kier molecular flexibility index (Phi) is 5.08. The summed E-state index contributed by atoms with van der Waals surface area (Å²) in [6.07, 6.45) is 2.50. The minimum absolute atomic E-state index is 0.120. The van der Waals surface area contributed by atoms with Crippen LogP contribution >= 0.6 is 11.3 Å². The summed E-state index contributed by atoms with van der Waals surface area (Å²) >= 11 is 1.40. The fraction of sp³-hybridized carbons (Fsp3) is 0. The van der Waals surface area contributed by atoms with E-state index in [0.29, 0.717) is 16.7 Å². The fourth-order valence-corrected chi connectivity index (χ4v) is 4.42. The molecule has 0 fully saturated rings. The van der Waals surface area contributed by atoms with E-state index in [4.69, 9.17) is 5.11 Å². The van der Waals surface area contributed by atoms with Gasteiger partial charge in [0.05, 0.1) is 0 Å². The van der Waals surface area contributed by atoms with E-state index in [1.165, 1.54) is 17.4 Å². The first-order valence-electron chi connectivity index (χ1n) is 9.03. The lowest BCUT2D eigenvalue weighted by Crippen LogP contribution is -2.02. The molecule has 0 aliphatic carbocycles. The van der Waals surface area contributed by atoms with Crippen LogP contribution in [0.4, 0.5) is 0 Å². The summed E-state index contributed by atoms with van der Waals surface area (Å²) in [6.45, 7) is 0. The predicted molar refractivity (Wildman–Crippen MR) is 117 cm³/mol. The van der Waals surface area contributed by atoms with Crippen molar-refractivity contribution < 1.29 is 24.9 Å². The Morgan fingerprint density at radius 1 is 0.833 bits per heavy atom. The number of aliphatic carboxylic acids is 1. The van der Waals surface area contributed by atoms with Gasteiger partial charge in [-0.3, -0.25) is 4.79 Å². The summed E-state index contributed by atoms with van der Waals surface area (Å²) in [4.78, 5) is 24.8. The molecule has 0 aliphatic rings. The summed E-state index contributed by atoms with van der Waals surface area (Å²) in [7, 11) is 0. The molecule has 1 aromatic heterocycles. The summed E-state index contributed by atoms with van der Waals surface area (Å²) < 4.78 is 0.780. The molecule has 5 nitrogen and oxygen atoms in total. The second-order valence-electron chi connectivity index (χ2n) is 6.66. The van der Waals surface area contributed by atoms with Gasteiger partial charge in [-0.15, -0.1) is 11.3 Å². The van der Waals surface area contributed by atoms with E-state index in [1.54, 1.807) is 66.7 Å². The summed E-state index contributed by atoms with van der Waals surface area (Å²) in [5, 5.41) is 28.9. The van der Waals surface area contributed by atoms with Crippen molar-refractivity contribution in [3.8, 4) is 21.9 Å². The van der Waals surface area contributed by atoms with Gasteiger partial charge in [0.25, 0.3) is 0 Å². The first-order valence-corrected chi connectivity index (χ1v) is 9.85. The Morgan fingerprint density at radius 3 is 2.17 bits per heavy atom. The summed E-state index contributed by atoms with van der Waals surface area (Å²) in [5.74, 6) is -0.963. The van der Waals surface area contributed by atoms with Gasteiger partial charge in [0.2, 0.25) is 0 Å². The van der Waals surface area contributed by atoms with Crippen molar-refractivity contribution in [3.05, 3.63) is 89.5 Å². The number of hydrogen-bond acceptors (Lipinski definition) is 5. The van der Waals surface area contributed by atoms with Gasteiger partial charge in [0.1, 0.15) is 11.5 Å². The molecule has 0 bridgehead atoms. The number of hydrogen-bond donors (Lipinski definition) is 3. The number of benzene rings is 3. The number of fused-ring (bicyclic) bond motifs is 1. The van der Waals surface area contributed by atoms with Crippen LogP contribution in [0.15, 0.2) is 72.8 Å². The standard InChI is InChI=1S/C24H16O5S/c25-17-8-6-16(7-9-17)24-22(19-11-10-18(26)13-20(19)30-24)23(29)15-4-1-14(2-5-15)3-12-21(27)28/h1-13,25-26H,(H,27,28). The Hall–Kier alpha value is -3.90. The SMILES string of the molecule is O=C(O)C=Cc1ccc(C(=O)c2c(-c3ccc(O)cc3)sc3cc(O)ccc23)cc1. The van der Waals surface area contributed by atoms with Crippen molar-refractivity contribution in [1.82, 2.24) is 0 Å². The topological polar surface area (TPSA) is 94.8 Å². The van der Waals surface area contributed by atoms with Crippen molar-refractivity contribution in [2.75, 3.05) is 0 Å². The smallest absolute Gasteiger partial charge is 0.328 e. The quantitative estimate of drug-likeness (QED) is 0.303. The van der Waals surface area contributed by atoms with Gasteiger partial charge in [-0.05, 0) is 59.7 Å². The molecule has 0 unspecified atom stereocenters. The second-order valence-corrected chi connectivity index (χ2v) is 7.71. The number of phenolic OH excluding ortho intramolecular Hbond substituents is 2. The van der Waals surface area contributed by atoms with Gasteiger partial charge >= 0.3 is 5.97 Å². The zero-order valence-electron chi connectivity index (χ0n) is 15.6. The van der Waals surface area contributed by atoms with Gasteiger partial charge in [-0.25, -0.2) is 4.79 Å². The fourth-order valence-electron chi connectivity index (χ4n) is 3.18. The molecule has 0 aliphatic heterocycles. The lowest BCUT2D eigenvalue weighted by atomic mass is 9.97. The van der Waals surface area contributed by atoms with E-state index >= 15 is 0 Å². The van der Waals surface area contributed by atoms with Gasteiger partial charge in [0.15, 0.2) is 5.78 Å². The molecule has 3 aromatic carbocycles. The molecule has 0 saturated carbocycles. The third-order valence-electron chi connectivity index (χ3n) is 4.62. The molecule has 4 aromatic rings. The first-order chi connectivity index (χ1) is 14.4. The molecule has 0 saturated heterocycles. The number of ketones is 1. The number of rotatable bonds is 5. The highest BCUT2D eigenvalue weighted by Crippen LogP contribution is 2.41. The zero-order chi connectivity index (χ0) is 21.3. The molecule has 3 N–H and O–H groups in total. The first kappa shape index (κ1) is 19.4. The zero-order valence-corrected chi connectivity index (χ0v) is 16.4. The molecule has 0 amide bonds. The van der Waals surface area contributed by atoms with E-state index < -0.39 is 5.97 Å². The van der Waals surface area contributed by atoms with Crippen LogP contribution in [0, 0.1) is 0 Å². The lowest BCUT2D eigenvalue weighted by molar-refractivity contribution is -0.131. The number of carbonyl (C=O) groups is 2. The Bertz CT molecular complexity index is 1280. The molecule has 0 spiro atoms. The second kappa shape index (κ2) is 7.85. The predicted octanol–water partition coefficient (Wildman–Crippen LogP) is 5.31. The average molecular weight is 416 g/mol. The number of thiophene rings is 1. The number of carboxylic acid groups (broad SMARTS) is 1. The lowest BCUT2D eigenvalue weighted by Gasteiger charge is -2.06. The molecular weight excluding hydrogens is 400 g/mol. The molecule has 6 heteroatoms. The molecule has 30 heavy (non-hydrogen) atoms. The molecule has 148 valence electrons. The maximum atomic E-state index is 13.4. The highest BCUT2D eigenvalue weighted by molar-refractivity contribution is 7.22. The van der Waals surface area contributed by atoms with E-state index in [0.717, 1.165) is 26.6 Å². The van der Waals surface area contributed by atoms with Crippen LogP contribution in [0.2, 0.25) is 0 Å². The van der Waals surface area contributed by atoms with Crippen molar-refractivity contribution in [1.29, 1.82) is 0 Å². The molecule has 4 rings (SSSR count). The van der Waals surface area contributed by atoms with Crippen LogP contribution < -0.4 is 0 Å². The van der Waals surface area contributed by atoms with Crippen LogP contribution in [-0.4, -0.2) is 27.1 Å². The average Bonchev–Trinajstić information content (AvgIpc) is 3.11. The number of carboxylic acids is 1. The van der Waals surface area contributed by atoms with Crippen molar-refractivity contribution in [2.24, 2.45) is 0 Å². The summed E-state index contributed by atoms with van der Waals surface area (Å²) in [5.41, 5.74) is 2.45. The van der Waals surface area contributed by atoms with Crippen LogP contribution in [-0.2, 0) is 4.79 Å². The number of aromatic hydroxyl groups is 2. The summed E-state index contributed by atoms with van der Waals surface area (Å²) in [6, 6.07) is 18.2. The third kappa shape index (κ3) is 3.81. The van der Waals surface area contributed by atoms with E-state index in [9.17, 15) is 19.8 Å². The van der Waals surface area contributed by atoms with Crippen LogP contribution in [0.25, 0.3) is 26.6 Å². The maximum Gasteiger partial charge on any atom is 0.328 e. The van der Waals surface area contributed by atoms with Crippen molar-refractivity contribution >= 4 is 39.3 Å². The molecule has 0 atom stereocenters. The molecule has 0 radical (unpaired) electrons. The Balaban J connectivity index is 1.82. The van der Waals surface area contributed by atoms with Crippen molar-refractivity contribution in [3.63, 3.8) is 0 Å². The highest BCUT2D eigenvalue weighted by atomic mass is 32.1. The monoisotopic (exact) mass is 416 g/mol. The van der Waals surface area contributed by atoms with Crippen LogP contribution in [0.1, 0.15) is 21.5 Å². The highest BCUT2D eigenvalue weighted by Gasteiger charge is 2.21. The minimum atomic E-state index is -1.04. The van der Waals surface area contributed by atoms with E-state index in [-0.39, 0.29) is 17.3 Å². The third-order valence-corrected chi connectivity index (χ3v) is 5.82. The normalized spacial score (nSPS) is 11.2. The minimum Gasteiger partial charge on any atom is -0.508 e. The maximum absolute atomic E-state index is 13.4. The van der Waals surface area contributed by atoms with E-state index in [2.05, 4.69) is 0 Å². The van der Waals surface area contributed by atoms with E-state index in [1.807, 2.05) is 0 Å². The van der Waals surface area contributed by atoms with Crippen molar-refractivity contribution in [2.45, 2.75) is 0 Å². The van der Waals surface area contributed by atoms with Crippen LogP contribution in [0.5, 0.6) is 11.5 Å². The Labute approximate surface area is 175 Å². The number of carbonyl (C=O) groups excluding carboxylic acids is 1. The number of phenols is 2. The molecular formula is C24H16O5S. The van der Waals surface area contributed by atoms with Crippen LogP contribution in [0.3, 0.4) is 0 Å². The van der Waals surface area contributed by atoms with Gasteiger partial charge in [0, 0.05) is 32.2 Å². The van der Waals surface area contributed by atoms with Gasteiger partial charge in [-0.1, -0.05) is 24.3 Å². The Morgan fingerprint density at radius 2 is 1.50 bits per heavy atom. The molecule has 1 heterocycles.